The number of benzene rings is 1. The zero-order valence-corrected chi connectivity index (χ0v) is 10.8. The van der Waals surface area contributed by atoms with Gasteiger partial charge in [0.1, 0.15) is 5.56 Å². The lowest BCUT2D eigenvalue weighted by molar-refractivity contribution is -0.385. The highest BCUT2D eigenvalue weighted by Crippen LogP contribution is 2.23. The minimum atomic E-state index is -0.517. The van der Waals surface area contributed by atoms with Crippen molar-refractivity contribution in [2.45, 2.75) is 25.8 Å². The average molecular weight is 263 g/mol. The second-order valence-corrected chi connectivity index (χ2v) is 4.93. The Morgan fingerprint density at radius 2 is 2.26 bits per heavy atom. The molecular formula is C13H17N3O3. The molecule has 2 N–H and O–H groups in total. The number of aryl methyl sites for hydroxylation is 1. The maximum Gasteiger partial charge on any atom is 0.282 e. The molecule has 0 unspecified atom stereocenters. The number of hydrogen-bond acceptors (Lipinski definition) is 4. The molecule has 1 aromatic rings. The summed E-state index contributed by atoms with van der Waals surface area (Å²) >= 11 is 0. The van der Waals surface area contributed by atoms with Gasteiger partial charge >= 0.3 is 0 Å². The molecule has 0 bridgehead atoms. The first kappa shape index (κ1) is 13.5. The van der Waals surface area contributed by atoms with Crippen LogP contribution in [0.15, 0.2) is 18.2 Å². The summed E-state index contributed by atoms with van der Waals surface area (Å²) in [5, 5.41) is 11.0. The van der Waals surface area contributed by atoms with Gasteiger partial charge in [-0.2, -0.15) is 0 Å². The Labute approximate surface area is 111 Å². The SMILES string of the molecule is Cc1ccc([N+](=O)[O-])c(C(=O)N2CCC[C@@H](N)C2)c1. The van der Waals surface area contributed by atoms with Crippen LogP contribution < -0.4 is 5.73 Å². The van der Waals surface area contributed by atoms with Crippen molar-refractivity contribution < 1.29 is 9.72 Å². The Hall–Kier alpha value is -1.95. The lowest BCUT2D eigenvalue weighted by Crippen LogP contribution is -2.45. The van der Waals surface area contributed by atoms with Gasteiger partial charge in [0.15, 0.2) is 0 Å². The van der Waals surface area contributed by atoms with Crippen LogP contribution in [0.3, 0.4) is 0 Å². The molecule has 0 radical (unpaired) electrons. The van der Waals surface area contributed by atoms with Crippen molar-refractivity contribution in [3.8, 4) is 0 Å². The van der Waals surface area contributed by atoms with Gasteiger partial charge in [-0.15, -0.1) is 0 Å². The highest BCUT2D eigenvalue weighted by molar-refractivity contribution is 5.98. The number of nitro benzene ring substituents is 1. The molecule has 1 aliphatic heterocycles. The number of carbonyl (C=O) groups excluding carboxylic acids is 1. The molecule has 1 aromatic carbocycles. The van der Waals surface area contributed by atoms with Crippen molar-refractivity contribution in [3.05, 3.63) is 39.4 Å². The summed E-state index contributed by atoms with van der Waals surface area (Å²) in [4.78, 5) is 24.5. The second kappa shape index (κ2) is 5.36. The smallest absolute Gasteiger partial charge is 0.282 e. The minimum absolute atomic E-state index is 0.0402. The number of nitro groups is 1. The van der Waals surface area contributed by atoms with E-state index in [-0.39, 0.29) is 23.2 Å². The molecule has 1 amide bonds. The quantitative estimate of drug-likeness (QED) is 0.646. The number of rotatable bonds is 2. The molecule has 6 nitrogen and oxygen atoms in total. The Kier molecular flexibility index (Phi) is 3.80. The average Bonchev–Trinajstić information content (AvgIpc) is 2.37. The molecule has 19 heavy (non-hydrogen) atoms. The number of hydrogen-bond donors (Lipinski definition) is 1. The van der Waals surface area contributed by atoms with Crippen LogP contribution in [0.4, 0.5) is 5.69 Å². The van der Waals surface area contributed by atoms with Crippen LogP contribution in [0.25, 0.3) is 0 Å². The summed E-state index contributed by atoms with van der Waals surface area (Å²) < 4.78 is 0. The van der Waals surface area contributed by atoms with E-state index in [0.29, 0.717) is 13.1 Å². The Balaban J connectivity index is 2.32. The summed E-state index contributed by atoms with van der Waals surface area (Å²) in [5.74, 6) is -0.300. The monoisotopic (exact) mass is 263 g/mol. The van der Waals surface area contributed by atoms with Crippen LogP contribution in [0.2, 0.25) is 0 Å². The van der Waals surface area contributed by atoms with Crippen LogP contribution in [0.1, 0.15) is 28.8 Å². The molecule has 0 saturated carbocycles. The zero-order chi connectivity index (χ0) is 14.0. The maximum absolute atomic E-state index is 12.4. The van der Waals surface area contributed by atoms with Crippen LogP contribution in [-0.4, -0.2) is 34.9 Å². The van der Waals surface area contributed by atoms with Crippen molar-refractivity contribution in [2.24, 2.45) is 5.73 Å². The fourth-order valence-electron chi connectivity index (χ4n) is 2.35. The predicted octanol–water partition coefficient (Wildman–Crippen LogP) is 1.47. The van der Waals surface area contributed by atoms with Crippen LogP contribution in [-0.2, 0) is 0 Å². The first-order chi connectivity index (χ1) is 8.99. The fourth-order valence-corrected chi connectivity index (χ4v) is 2.35. The number of piperidine rings is 1. The second-order valence-electron chi connectivity index (χ2n) is 4.93. The molecule has 1 aliphatic rings. The Bertz CT molecular complexity index is 516. The minimum Gasteiger partial charge on any atom is -0.337 e. The number of nitrogens with two attached hydrogens (primary N) is 1. The van der Waals surface area contributed by atoms with Gasteiger partial charge in [0.25, 0.3) is 11.6 Å². The van der Waals surface area contributed by atoms with E-state index in [0.717, 1.165) is 18.4 Å². The predicted molar refractivity (Wildman–Crippen MR) is 70.9 cm³/mol. The molecule has 1 heterocycles. The highest BCUT2D eigenvalue weighted by atomic mass is 16.6. The lowest BCUT2D eigenvalue weighted by Gasteiger charge is -2.30. The van der Waals surface area contributed by atoms with E-state index >= 15 is 0 Å². The van der Waals surface area contributed by atoms with Crippen molar-refractivity contribution >= 4 is 11.6 Å². The van der Waals surface area contributed by atoms with Crippen LogP contribution in [0.5, 0.6) is 0 Å². The summed E-state index contributed by atoms with van der Waals surface area (Å²) in [6.07, 6.45) is 1.73. The number of likely N-dealkylation sites (tertiary alicyclic amines) is 1. The first-order valence-electron chi connectivity index (χ1n) is 6.29. The zero-order valence-electron chi connectivity index (χ0n) is 10.8. The van der Waals surface area contributed by atoms with Gasteiger partial charge in [0.05, 0.1) is 4.92 Å². The normalized spacial score (nSPS) is 19.3. The van der Waals surface area contributed by atoms with Gasteiger partial charge in [-0.25, -0.2) is 0 Å². The van der Waals surface area contributed by atoms with Crippen molar-refractivity contribution in [2.75, 3.05) is 13.1 Å². The number of amides is 1. The van der Waals surface area contributed by atoms with Crippen LogP contribution in [0, 0.1) is 17.0 Å². The molecule has 0 aromatic heterocycles. The summed E-state index contributed by atoms with van der Waals surface area (Å²) in [7, 11) is 0. The molecule has 6 heteroatoms. The molecule has 2 rings (SSSR count). The van der Waals surface area contributed by atoms with Gasteiger partial charge in [-0.3, -0.25) is 14.9 Å². The molecule has 1 saturated heterocycles. The molecule has 0 spiro atoms. The van der Waals surface area contributed by atoms with Crippen molar-refractivity contribution in [3.63, 3.8) is 0 Å². The third kappa shape index (κ3) is 2.90. The van der Waals surface area contributed by atoms with E-state index in [1.807, 2.05) is 6.92 Å². The van der Waals surface area contributed by atoms with Gasteiger partial charge in [-0.05, 0) is 31.4 Å². The third-order valence-electron chi connectivity index (χ3n) is 3.32. The topological polar surface area (TPSA) is 89.5 Å². The summed E-state index contributed by atoms with van der Waals surface area (Å²) in [5.41, 5.74) is 6.68. The molecule has 1 atom stereocenters. The summed E-state index contributed by atoms with van der Waals surface area (Å²) in [6, 6.07) is 4.55. The van der Waals surface area contributed by atoms with E-state index in [9.17, 15) is 14.9 Å². The van der Waals surface area contributed by atoms with E-state index in [1.165, 1.54) is 6.07 Å². The third-order valence-corrected chi connectivity index (χ3v) is 3.32. The van der Waals surface area contributed by atoms with E-state index in [1.54, 1.807) is 17.0 Å². The lowest BCUT2D eigenvalue weighted by atomic mass is 10.0. The largest absolute Gasteiger partial charge is 0.337 e. The van der Waals surface area contributed by atoms with Gasteiger partial charge in [-0.1, -0.05) is 6.07 Å². The number of nitrogens with zero attached hydrogens (tertiary/aromatic N) is 2. The molecule has 1 fully saturated rings. The van der Waals surface area contributed by atoms with Crippen LogP contribution >= 0.6 is 0 Å². The van der Waals surface area contributed by atoms with Gasteiger partial charge in [0.2, 0.25) is 0 Å². The van der Waals surface area contributed by atoms with E-state index < -0.39 is 4.92 Å². The Morgan fingerprint density at radius 3 is 2.89 bits per heavy atom. The standard InChI is InChI=1S/C13H17N3O3/c1-9-4-5-12(16(18)19)11(7-9)13(17)15-6-2-3-10(14)8-15/h4-5,7,10H,2-3,6,8,14H2,1H3/t10-/m1/s1. The first-order valence-corrected chi connectivity index (χ1v) is 6.29. The fraction of sp³-hybridized carbons (Fsp3) is 0.462. The van der Waals surface area contributed by atoms with E-state index in [4.69, 9.17) is 5.73 Å². The van der Waals surface area contributed by atoms with E-state index in [2.05, 4.69) is 0 Å². The summed E-state index contributed by atoms with van der Waals surface area (Å²) in [6.45, 7) is 2.88. The van der Waals surface area contributed by atoms with Gasteiger partial charge < -0.3 is 10.6 Å². The molecular weight excluding hydrogens is 246 g/mol. The molecule has 0 aliphatic carbocycles. The maximum atomic E-state index is 12.4. The molecule has 102 valence electrons. The van der Waals surface area contributed by atoms with Crippen molar-refractivity contribution in [1.82, 2.24) is 4.90 Å². The van der Waals surface area contributed by atoms with Crippen molar-refractivity contribution in [1.29, 1.82) is 0 Å². The highest BCUT2D eigenvalue weighted by Gasteiger charge is 2.27. The van der Waals surface area contributed by atoms with Gasteiger partial charge in [0, 0.05) is 25.2 Å². The Morgan fingerprint density at radius 1 is 1.53 bits per heavy atom. The number of carbonyl (C=O) groups is 1.